The number of carbonyl (C=O) groups is 2. The molecule has 11 heteroatoms. The molecular formula is C39H44FN3O6S. The number of anilines is 1. The van der Waals surface area contributed by atoms with Gasteiger partial charge in [-0.3, -0.25) is 13.9 Å². The molecule has 0 aliphatic heterocycles. The number of amides is 2. The van der Waals surface area contributed by atoms with Crippen molar-refractivity contribution >= 4 is 27.5 Å². The summed E-state index contributed by atoms with van der Waals surface area (Å²) in [6.45, 7) is 1.35. The predicted molar refractivity (Wildman–Crippen MR) is 191 cm³/mol. The van der Waals surface area contributed by atoms with Crippen molar-refractivity contribution in [3.05, 3.63) is 120 Å². The van der Waals surface area contributed by atoms with Gasteiger partial charge >= 0.3 is 0 Å². The van der Waals surface area contributed by atoms with Gasteiger partial charge in [0, 0.05) is 25.1 Å². The van der Waals surface area contributed by atoms with Crippen molar-refractivity contribution in [2.45, 2.75) is 69.0 Å². The molecule has 0 aromatic heterocycles. The highest BCUT2D eigenvalue weighted by Gasteiger charge is 2.36. The first-order valence-electron chi connectivity index (χ1n) is 16.8. The highest BCUT2D eigenvalue weighted by molar-refractivity contribution is 7.92. The van der Waals surface area contributed by atoms with E-state index < -0.39 is 34.3 Å². The number of methoxy groups -OCH3 is 2. The Morgan fingerprint density at radius 1 is 0.840 bits per heavy atom. The molecule has 1 fully saturated rings. The highest BCUT2D eigenvalue weighted by Crippen LogP contribution is 2.32. The number of carbonyl (C=O) groups excluding carboxylic acids is 2. The lowest BCUT2D eigenvalue weighted by Crippen LogP contribution is -2.55. The smallest absolute Gasteiger partial charge is 0.264 e. The number of halogens is 1. The van der Waals surface area contributed by atoms with Crippen molar-refractivity contribution in [3.63, 3.8) is 0 Å². The number of nitrogens with zero attached hydrogens (tertiary/aromatic N) is 2. The molecule has 264 valence electrons. The molecular weight excluding hydrogens is 658 g/mol. The average Bonchev–Trinajstić information content (AvgIpc) is 3.12. The molecule has 1 N–H and O–H groups in total. The summed E-state index contributed by atoms with van der Waals surface area (Å²) in [5.74, 6) is -0.945. The third kappa shape index (κ3) is 9.01. The van der Waals surface area contributed by atoms with Crippen molar-refractivity contribution in [2.75, 3.05) is 25.1 Å². The zero-order valence-corrected chi connectivity index (χ0v) is 29.5. The van der Waals surface area contributed by atoms with Crippen LogP contribution >= 0.6 is 0 Å². The number of hydrogen-bond donors (Lipinski definition) is 1. The van der Waals surface area contributed by atoms with E-state index in [0.29, 0.717) is 5.75 Å². The minimum atomic E-state index is -4.43. The zero-order chi connectivity index (χ0) is 35.7. The molecule has 50 heavy (non-hydrogen) atoms. The Bertz CT molecular complexity index is 1860. The van der Waals surface area contributed by atoms with Crippen LogP contribution in [0.15, 0.2) is 102 Å². The van der Waals surface area contributed by atoms with E-state index in [1.807, 2.05) is 61.5 Å². The summed E-state index contributed by atoms with van der Waals surface area (Å²) >= 11 is 0. The summed E-state index contributed by atoms with van der Waals surface area (Å²) in [5.41, 5.74) is 2.70. The van der Waals surface area contributed by atoms with Gasteiger partial charge in [0.2, 0.25) is 11.8 Å². The molecule has 9 nitrogen and oxygen atoms in total. The first-order valence-corrected chi connectivity index (χ1v) is 18.2. The van der Waals surface area contributed by atoms with Crippen LogP contribution in [0.25, 0.3) is 0 Å². The third-order valence-electron chi connectivity index (χ3n) is 8.99. The minimum Gasteiger partial charge on any atom is -0.493 e. The van der Waals surface area contributed by atoms with Gasteiger partial charge < -0.3 is 19.7 Å². The van der Waals surface area contributed by atoms with Gasteiger partial charge in [0.1, 0.15) is 18.4 Å². The van der Waals surface area contributed by atoms with E-state index in [1.54, 1.807) is 0 Å². The molecule has 1 saturated carbocycles. The van der Waals surface area contributed by atoms with E-state index in [-0.39, 0.29) is 41.2 Å². The first kappa shape index (κ1) is 36.4. The van der Waals surface area contributed by atoms with Crippen LogP contribution in [-0.2, 0) is 32.6 Å². The number of nitrogens with one attached hydrogen (secondary N) is 1. The average molecular weight is 702 g/mol. The molecule has 4 aromatic rings. The Hall–Kier alpha value is -4.90. The summed E-state index contributed by atoms with van der Waals surface area (Å²) < 4.78 is 54.5. The van der Waals surface area contributed by atoms with Gasteiger partial charge in [0.25, 0.3) is 10.0 Å². The summed E-state index contributed by atoms with van der Waals surface area (Å²) in [6, 6.07) is 25.2. The van der Waals surface area contributed by atoms with Gasteiger partial charge in [0.15, 0.2) is 11.5 Å². The van der Waals surface area contributed by atoms with Crippen molar-refractivity contribution in [2.24, 2.45) is 0 Å². The number of ether oxygens (including phenoxy) is 2. The van der Waals surface area contributed by atoms with Gasteiger partial charge in [-0.05, 0) is 67.3 Å². The zero-order valence-electron chi connectivity index (χ0n) is 28.7. The molecule has 0 saturated heterocycles. The number of rotatable bonds is 14. The van der Waals surface area contributed by atoms with Crippen LogP contribution in [0.2, 0.25) is 0 Å². The molecule has 0 spiro atoms. The predicted octanol–water partition coefficient (Wildman–Crippen LogP) is 6.44. The van der Waals surface area contributed by atoms with Crippen molar-refractivity contribution in [1.29, 1.82) is 0 Å². The van der Waals surface area contributed by atoms with Crippen molar-refractivity contribution < 1.29 is 31.9 Å². The molecule has 4 aromatic carbocycles. The second kappa shape index (κ2) is 16.7. The Kier molecular flexibility index (Phi) is 12.1. The molecule has 1 atom stereocenters. The molecule has 0 unspecified atom stereocenters. The number of benzene rings is 4. The number of sulfonamides is 1. The fourth-order valence-electron chi connectivity index (χ4n) is 6.35. The van der Waals surface area contributed by atoms with E-state index in [1.165, 1.54) is 49.5 Å². The van der Waals surface area contributed by atoms with Crippen LogP contribution < -0.4 is 19.1 Å². The lowest BCUT2D eigenvalue weighted by atomic mass is 9.94. The second-order valence-electron chi connectivity index (χ2n) is 12.6. The molecule has 2 amide bonds. The van der Waals surface area contributed by atoms with E-state index in [0.717, 1.165) is 65.2 Å². The Balaban J connectivity index is 1.58. The van der Waals surface area contributed by atoms with Crippen molar-refractivity contribution in [1.82, 2.24) is 10.2 Å². The lowest BCUT2D eigenvalue weighted by Gasteiger charge is -2.35. The lowest BCUT2D eigenvalue weighted by molar-refractivity contribution is -0.140. The molecule has 0 heterocycles. The summed E-state index contributed by atoms with van der Waals surface area (Å²) in [5, 5.41) is 3.21. The molecule has 0 radical (unpaired) electrons. The van der Waals surface area contributed by atoms with Gasteiger partial charge in [-0.1, -0.05) is 79.4 Å². The maximum atomic E-state index is 14.7. The molecule has 1 aliphatic rings. The van der Waals surface area contributed by atoms with E-state index in [4.69, 9.17) is 9.47 Å². The maximum absolute atomic E-state index is 14.7. The van der Waals surface area contributed by atoms with Gasteiger partial charge in [-0.2, -0.15) is 0 Å². The van der Waals surface area contributed by atoms with Crippen LogP contribution in [0.4, 0.5) is 10.1 Å². The highest BCUT2D eigenvalue weighted by atomic mass is 32.2. The van der Waals surface area contributed by atoms with Crippen LogP contribution in [0, 0.1) is 12.7 Å². The van der Waals surface area contributed by atoms with Crippen LogP contribution in [0.5, 0.6) is 11.5 Å². The monoisotopic (exact) mass is 701 g/mol. The number of aryl methyl sites for hydroxylation is 1. The summed E-state index contributed by atoms with van der Waals surface area (Å²) in [7, 11) is -1.60. The van der Waals surface area contributed by atoms with Crippen molar-refractivity contribution in [3.8, 4) is 11.5 Å². The fourth-order valence-corrected chi connectivity index (χ4v) is 7.78. The Morgan fingerprint density at radius 2 is 1.52 bits per heavy atom. The summed E-state index contributed by atoms with van der Waals surface area (Å²) in [4.78, 5) is 30.3. The Labute approximate surface area is 294 Å². The topological polar surface area (TPSA) is 105 Å². The molecule has 1 aliphatic carbocycles. The van der Waals surface area contributed by atoms with Gasteiger partial charge in [-0.15, -0.1) is 0 Å². The van der Waals surface area contributed by atoms with Gasteiger partial charge in [0.05, 0.1) is 24.8 Å². The van der Waals surface area contributed by atoms with E-state index in [9.17, 15) is 22.4 Å². The quantitative estimate of drug-likeness (QED) is 0.162. The molecule has 0 bridgehead atoms. The van der Waals surface area contributed by atoms with E-state index >= 15 is 0 Å². The normalized spacial score (nSPS) is 14.0. The van der Waals surface area contributed by atoms with Crippen LogP contribution in [0.1, 0.15) is 48.8 Å². The second-order valence-corrected chi connectivity index (χ2v) is 14.4. The molecule has 5 rings (SSSR count). The van der Waals surface area contributed by atoms with Crippen LogP contribution in [-0.4, -0.2) is 58.0 Å². The standard InChI is InChI=1S/C39H44FN3O6S/c1-28-11-10-14-30(23-28)26-42(35(24-29-12-6-4-7-13-29)39(45)41-32-15-8-5-9-16-32)38(44)27-43(33-19-17-31(40)18-20-33)50(46,47)34-21-22-36(48-2)37(25-34)49-3/h4,6-7,10-14,17-23,25,32,35H,5,8-9,15-16,24,26-27H2,1-3H3,(H,41,45)/t35-/m0/s1. The maximum Gasteiger partial charge on any atom is 0.264 e. The SMILES string of the molecule is COc1ccc(S(=O)(=O)N(CC(=O)N(Cc2cccc(C)c2)[C@@H](Cc2ccccc2)C(=O)NC2CCCCC2)c2ccc(F)cc2)cc1OC. The largest absolute Gasteiger partial charge is 0.493 e. The minimum absolute atomic E-state index is 0.00779. The summed E-state index contributed by atoms with van der Waals surface area (Å²) in [6.07, 6.45) is 5.08. The van der Waals surface area contributed by atoms with Gasteiger partial charge in [-0.25, -0.2) is 12.8 Å². The van der Waals surface area contributed by atoms with E-state index in [2.05, 4.69) is 5.32 Å². The Morgan fingerprint density at radius 3 is 2.18 bits per heavy atom. The first-order chi connectivity index (χ1) is 24.1. The number of hydrogen-bond acceptors (Lipinski definition) is 6. The van der Waals surface area contributed by atoms with Crippen LogP contribution in [0.3, 0.4) is 0 Å². The third-order valence-corrected chi connectivity index (χ3v) is 10.8. The fraction of sp³-hybridized carbons (Fsp3) is 0.333.